The lowest BCUT2D eigenvalue weighted by Gasteiger charge is -2.28. The topological polar surface area (TPSA) is 43.4 Å². The normalized spacial score (nSPS) is 13.7. The van der Waals surface area contributed by atoms with Gasteiger partial charge in [0.15, 0.2) is 0 Å². The van der Waals surface area contributed by atoms with Crippen molar-refractivity contribution in [1.82, 2.24) is 0 Å². The van der Waals surface area contributed by atoms with Crippen molar-refractivity contribution >= 4 is 11.8 Å². The minimum Gasteiger partial charge on any atom is -0.280 e. The van der Waals surface area contributed by atoms with Gasteiger partial charge in [0.25, 0.3) is 0 Å². The number of ketones is 1. The summed E-state index contributed by atoms with van der Waals surface area (Å²) in [6.45, 7) is 0. The van der Waals surface area contributed by atoms with Gasteiger partial charge in [-0.2, -0.15) is 35.1 Å². The zero-order valence-corrected chi connectivity index (χ0v) is 7.70. The summed E-state index contributed by atoms with van der Waals surface area (Å²) in [5, 5.41) is 0. The number of alkyl halides is 8. The Morgan fingerprint density at radius 2 is 1.17 bits per heavy atom. The van der Waals surface area contributed by atoms with Gasteiger partial charge in [0.1, 0.15) is 0 Å². The van der Waals surface area contributed by atoms with Crippen LogP contribution in [-0.2, 0) is 14.5 Å². The Labute approximate surface area is 91.4 Å². The van der Waals surface area contributed by atoms with E-state index >= 15 is 0 Å². The van der Waals surface area contributed by atoms with Gasteiger partial charge in [-0.3, -0.25) is 4.79 Å². The van der Waals surface area contributed by atoms with E-state index in [4.69, 9.17) is 0 Å². The summed E-state index contributed by atoms with van der Waals surface area (Å²) in [6.07, 6.45) is -13.2. The molecule has 0 fully saturated rings. The van der Waals surface area contributed by atoms with Gasteiger partial charge in [-0.05, 0) is 0 Å². The highest BCUT2D eigenvalue weighted by Crippen LogP contribution is 2.48. The summed E-state index contributed by atoms with van der Waals surface area (Å²) in [5.41, 5.74) is 0. The van der Waals surface area contributed by atoms with Gasteiger partial charge in [-0.25, -0.2) is 9.74 Å². The minimum absolute atomic E-state index is 1.87. The molecule has 0 saturated heterocycles. The Bertz CT molecular complexity index is 327. The Morgan fingerprint density at radius 3 is 1.39 bits per heavy atom. The first-order valence-corrected chi connectivity index (χ1v) is 3.64. The van der Waals surface area contributed by atoms with Crippen LogP contribution in [0.25, 0.3) is 0 Å². The van der Waals surface area contributed by atoms with Crippen LogP contribution in [0.3, 0.4) is 0 Å². The van der Waals surface area contributed by atoms with Crippen molar-refractivity contribution in [2.45, 2.75) is 18.3 Å². The van der Waals surface area contributed by atoms with Crippen LogP contribution in [0.4, 0.5) is 39.6 Å². The summed E-state index contributed by atoms with van der Waals surface area (Å²) in [4.78, 5) is 22.1. The number of Topliss-reactive ketones (excluding diaryl/α,β-unsaturated/α-hetero) is 1. The minimum atomic E-state index is -6.58. The number of rotatable bonds is 3. The fraction of sp³-hybridized carbons (Fsp3) is 0.667. The molecule has 0 saturated carbocycles. The van der Waals surface area contributed by atoms with Crippen LogP contribution in [0.5, 0.6) is 0 Å². The third kappa shape index (κ3) is 3.26. The summed E-state index contributed by atoms with van der Waals surface area (Å²) < 4.78 is 107. The second-order valence-electron chi connectivity index (χ2n) is 2.83. The molecule has 0 bridgehead atoms. The second kappa shape index (κ2) is 4.65. The molecule has 0 rings (SSSR count). The summed E-state index contributed by atoms with van der Waals surface area (Å²) in [6, 6.07) is 0. The van der Waals surface area contributed by atoms with E-state index in [0.29, 0.717) is 0 Å². The van der Waals surface area contributed by atoms with E-state index in [1.54, 1.807) is 0 Å². The summed E-state index contributed by atoms with van der Waals surface area (Å²) in [7, 11) is 0. The van der Waals surface area contributed by atoms with Gasteiger partial charge in [0, 0.05) is 4.53 Å². The van der Waals surface area contributed by atoms with E-state index < -0.39 is 35.9 Å². The summed E-state index contributed by atoms with van der Waals surface area (Å²) >= 11 is 0. The van der Waals surface area contributed by atoms with E-state index in [-0.39, 0.29) is 0 Å². The van der Waals surface area contributed by atoms with Crippen LogP contribution in [0.2, 0.25) is 0 Å². The van der Waals surface area contributed by atoms with Crippen molar-refractivity contribution in [3.63, 3.8) is 0 Å². The van der Waals surface area contributed by atoms with Crippen LogP contribution in [-0.4, -0.2) is 30.0 Å². The zero-order valence-electron chi connectivity index (χ0n) is 7.70. The van der Waals surface area contributed by atoms with E-state index in [1.165, 1.54) is 0 Å². The van der Waals surface area contributed by atoms with E-state index in [9.17, 15) is 49.2 Å². The Hall–Kier alpha value is -1.49. The monoisotopic (exact) mass is 292 g/mol. The molecule has 3 nitrogen and oxygen atoms in total. The molecule has 0 aliphatic heterocycles. The molecule has 0 aromatic heterocycles. The molecule has 12 heteroatoms. The number of hydrogen-bond acceptors (Lipinski definition) is 3. The third-order valence-electron chi connectivity index (χ3n) is 1.58. The molecule has 0 aromatic carbocycles. The predicted octanol–water partition coefficient (Wildman–Crippen LogP) is 2.36. The molecule has 0 spiro atoms. The Balaban J connectivity index is 5.64. The molecule has 0 amide bonds. The fourth-order valence-corrected chi connectivity index (χ4v) is 0.899. The SMILES string of the molecule is O=C(OF)C(=O)C(F)(F)C(C(F)(F)F)C(F)(F)F. The molecule has 0 aliphatic carbocycles. The zero-order chi connectivity index (χ0) is 14.9. The van der Waals surface area contributed by atoms with Crippen molar-refractivity contribution in [3.05, 3.63) is 0 Å². The quantitative estimate of drug-likeness (QED) is 0.592. The third-order valence-corrected chi connectivity index (χ3v) is 1.58. The number of carbonyl (C=O) groups is 2. The highest BCUT2D eigenvalue weighted by atomic mass is 19.4. The van der Waals surface area contributed by atoms with Gasteiger partial charge >= 0.3 is 30.0 Å². The lowest BCUT2D eigenvalue weighted by Crippen LogP contribution is -2.54. The van der Waals surface area contributed by atoms with Gasteiger partial charge < -0.3 is 0 Å². The number of halogens is 9. The molecule has 0 unspecified atom stereocenters. The van der Waals surface area contributed by atoms with Crippen LogP contribution < -0.4 is 0 Å². The summed E-state index contributed by atoms with van der Waals surface area (Å²) in [5.74, 6) is -18.4. The first-order chi connectivity index (χ1) is 7.76. The van der Waals surface area contributed by atoms with Crippen molar-refractivity contribution in [1.29, 1.82) is 0 Å². The predicted molar refractivity (Wildman–Crippen MR) is 32.8 cm³/mol. The highest BCUT2D eigenvalue weighted by Gasteiger charge is 2.72. The maximum absolute atomic E-state index is 12.7. The van der Waals surface area contributed by atoms with Gasteiger partial charge in [-0.1, -0.05) is 0 Å². The van der Waals surface area contributed by atoms with Gasteiger partial charge in [-0.15, -0.1) is 0 Å². The molecular weight excluding hydrogens is 291 g/mol. The second-order valence-corrected chi connectivity index (χ2v) is 2.83. The van der Waals surface area contributed by atoms with Crippen LogP contribution in [0.1, 0.15) is 0 Å². The lowest BCUT2D eigenvalue weighted by atomic mass is 9.96. The largest absolute Gasteiger partial charge is 0.421 e. The molecule has 0 aromatic rings. The molecule has 0 N–H and O–H groups in total. The molecule has 0 heterocycles. The highest BCUT2D eigenvalue weighted by molar-refractivity contribution is 6.36. The number of hydrogen-bond donors (Lipinski definition) is 0. The van der Waals surface area contributed by atoms with E-state index in [2.05, 4.69) is 0 Å². The first-order valence-electron chi connectivity index (χ1n) is 3.64. The lowest BCUT2D eigenvalue weighted by molar-refractivity contribution is -0.329. The molecule has 106 valence electrons. The van der Waals surface area contributed by atoms with Crippen LogP contribution in [0.15, 0.2) is 0 Å². The smallest absolute Gasteiger partial charge is 0.280 e. The van der Waals surface area contributed by atoms with E-state index in [0.717, 1.165) is 0 Å². The van der Waals surface area contributed by atoms with Crippen molar-refractivity contribution in [2.75, 3.05) is 0 Å². The molecule has 18 heavy (non-hydrogen) atoms. The van der Waals surface area contributed by atoms with Crippen molar-refractivity contribution in [2.24, 2.45) is 5.92 Å². The van der Waals surface area contributed by atoms with E-state index in [1.807, 2.05) is 4.94 Å². The van der Waals surface area contributed by atoms with Crippen LogP contribution in [0, 0.1) is 5.92 Å². The fourth-order valence-electron chi connectivity index (χ4n) is 0.899. The Kier molecular flexibility index (Phi) is 4.26. The maximum atomic E-state index is 12.7. The van der Waals surface area contributed by atoms with Crippen molar-refractivity contribution in [3.8, 4) is 0 Å². The van der Waals surface area contributed by atoms with Gasteiger partial charge in [0.2, 0.25) is 5.92 Å². The van der Waals surface area contributed by atoms with Crippen molar-refractivity contribution < 1.29 is 54.2 Å². The average molecular weight is 292 g/mol. The van der Waals surface area contributed by atoms with Crippen LogP contribution >= 0.6 is 0 Å². The van der Waals surface area contributed by atoms with Gasteiger partial charge in [0.05, 0.1) is 0 Å². The standard InChI is InChI=1S/C6HF9O3/c7-4(8,1(16)2(17)18-15)3(5(9,10)11)6(12,13)14/h3H. The maximum Gasteiger partial charge on any atom is 0.421 e. The molecule has 0 radical (unpaired) electrons. The first kappa shape index (κ1) is 16.5. The number of carbonyl (C=O) groups excluding carboxylic acids is 2. The molecule has 0 aliphatic rings. The molecular formula is C6HF9O3. The Morgan fingerprint density at radius 1 is 0.833 bits per heavy atom. The molecule has 0 atom stereocenters. The average Bonchev–Trinajstić information content (AvgIpc) is 2.09.